The third-order valence-electron chi connectivity index (χ3n) is 4.53. The molecule has 2 amide bonds. The number of anilines is 2. The summed E-state index contributed by atoms with van der Waals surface area (Å²) in [5.41, 5.74) is 1.35. The molecule has 0 saturated heterocycles. The van der Waals surface area contributed by atoms with E-state index in [1.54, 1.807) is 54.9 Å². The minimum Gasteiger partial charge on any atom is -0.495 e. The largest absolute Gasteiger partial charge is 0.495 e. The van der Waals surface area contributed by atoms with Gasteiger partial charge in [0.2, 0.25) is 0 Å². The summed E-state index contributed by atoms with van der Waals surface area (Å²) in [5.74, 6) is 0.877. The number of ether oxygens (including phenoxy) is 1. The summed E-state index contributed by atoms with van der Waals surface area (Å²) in [6.07, 6.45) is 3.32. The van der Waals surface area contributed by atoms with Crippen LogP contribution in [0.15, 0.2) is 77.9 Å². The number of amides is 2. The zero-order valence-electron chi connectivity index (χ0n) is 16.2. The molecule has 8 heteroatoms. The number of rotatable bonds is 5. The van der Waals surface area contributed by atoms with Gasteiger partial charge in [-0.05, 0) is 35.9 Å². The fourth-order valence-corrected chi connectivity index (χ4v) is 3.14. The van der Waals surface area contributed by atoms with Crippen LogP contribution in [0.1, 0.15) is 5.56 Å². The zero-order chi connectivity index (χ0) is 20.9. The molecule has 2 heterocycles. The molecule has 0 fully saturated rings. The van der Waals surface area contributed by atoms with E-state index in [-0.39, 0.29) is 6.54 Å². The summed E-state index contributed by atoms with van der Waals surface area (Å²) < 4.78 is 6.69. The smallest absolute Gasteiger partial charge is 0.350 e. The molecule has 2 N–H and O–H groups in total. The molecule has 0 atom stereocenters. The van der Waals surface area contributed by atoms with Crippen LogP contribution >= 0.6 is 0 Å². The van der Waals surface area contributed by atoms with Crippen LogP contribution in [0.5, 0.6) is 5.75 Å². The van der Waals surface area contributed by atoms with Crippen molar-refractivity contribution in [3.05, 3.63) is 89.1 Å². The highest BCUT2D eigenvalue weighted by atomic mass is 16.5. The molecular weight excluding hydrogens is 382 g/mol. The Morgan fingerprint density at radius 1 is 1.03 bits per heavy atom. The number of hydrogen-bond acceptors (Lipinski definition) is 5. The van der Waals surface area contributed by atoms with Gasteiger partial charge in [0.05, 0.1) is 24.9 Å². The summed E-state index contributed by atoms with van der Waals surface area (Å²) in [6.45, 7) is 0.217. The standard InChI is InChI=1S/C22H19N5O3/c1-30-19-11-5-4-10-18(19)24-21(28)26-20-16-8-2-3-9-17(16)25-22(29)27(20)14-15-7-6-12-23-13-15/h2-13H,14H2,1H3,(H2,24,26,28). The highest BCUT2D eigenvalue weighted by Crippen LogP contribution is 2.24. The molecule has 4 aromatic rings. The molecule has 4 rings (SSSR count). The van der Waals surface area contributed by atoms with Gasteiger partial charge in [0.1, 0.15) is 11.6 Å². The molecule has 2 aromatic carbocycles. The normalized spacial score (nSPS) is 10.6. The number of carbonyl (C=O) groups excluding carboxylic acids is 1. The van der Waals surface area contributed by atoms with Crippen molar-refractivity contribution in [2.75, 3.05) is 17.7 Å². The van der Waals surface area contributed by atoms with E-state index in [1.807, 2.05) is 18.2 Å². The van der Waals surface area contributed by atoms with Crippen molar-refractivity contribution in [2.24, 2.45) is 0 Å². The first kappa shape index (κ1) is 19.1. The number of nitrogens with one attached hydrogen (secondary N) is 2. The minimum absolute atomic E-state index is 0.217. The van der Waals surface area contributed by atoms with Crippen molar-refractivity contribution < 1.29 is 9.53 Å². The maximum atomic E-state index is 12.8. The van der Waals surface area contributed by atoms with Crippen LogP contribution < -0.4 is 21.1 Å². The Hall–Kier alpha value is -4.20. The molecule has 30 heavy (non-hydrogen) atoms. The van der Waals surface area contributed by atoms with E-state index >= 15 is 0 Å². The average molecular weight is 401 g/mol. The van der Waals surface area contributed by atoms with Gasteiger partial charge in [-0.25, -0.2) is 9.59 Å². The van der Waals surface area contributed by atoms with E-state index in [2.05, 4.69) is 20.6 Å². The first-order valence-electron chi connectivity index (χ1n) is 9.25. The predicted molar refractivity (Wildman–Crippen MR) is 115 cm³/mol. The number of fused-ring (bicyclic) bond motifs is 1. The van der Waals surface area contributed by atoms with Gasteiger partial charge in [-0.1, -0.05) is 30.3 Å². The molecule has 150 valence electrons. The lowest BCUT2D eigenvalue weighted by Crippen LogP contribution is -2.30. The van der Waals surface area contributed by atoms with Gasteiger partial charge >= 0.3 is 11.7 Å². The fourth-order valence-electron chi connectivity index (χ4n) is 3.14. The number of para-hydroxylation sites is 3. The number of hydrogen-bond donors (Lipinski definition) is 2. The van der Waals surface area contributed by atoms with Crippen LogP contribution in [0, 0.1) is 0 Å². The van der Waals surface area contributed by atoms with Crippen LogP contribution in [0.4, 0.5) is 16.3 Å². The number of pyridine rings is 1. The Morgan fingerprint density at radius 2 is 1.83 bits per heavy atom. The fraction of sp³-hybridized carbons (Fsp3) is 0.0909. The minimum atomic E-state index is -0.504. The summed E-state index contributed by atoms with van der Waals surface area (Å²) in [6, 6.07) is 17.4. The summed E-state index contributed by atoms with van der Waals surface area (Å²) >= 11 is 0. The molecule has 0 radical (unpaired) electrons. The molecule has 8 nitrogen and oxygen atoms in total. The lowest BCUT2D eigenvalue weighted by Gasteiger charge is -2.17. The maximum absolute atomic E-state index is 12.8. The quantitative estimate of drug-likeness (QED) is 0.533. The van der Waals surface area contributed by atoms with Gasteiger partial charge in [0.25, 0.3) is 0 Å². The van der Waals surface area contributed by atoms with Gasteiger partial charge < -0.3 is 10.1 Å². The molecule has 0 saturated carbocycles. The van der Waals surface area contributed by atoms with Crippen molar-refractivity contribution >= 4 is 28.4 Å². The number of methoxy groups -OCH3 is 1. The van der Waals surface area contributed by atoms with Crippen molar-refractivity contribution in [1.29, 1.82) is 0 Å². The number of aromatic nitrogens is 3. The van der Waals surface area contributed by atoms with Crippen LogP contribution in [0.3, 0.4) is 0 Å². The molecule has 0 aliphatic carbocycles. The summed E-state index contributed by atoms with van der Waals surface area (Å²) in [4.78, 5) is 33.8. The SMILES string of the molecule is COc1ccccc1NC(=O)Nc1c2ccccc2nc(=O)n1Cc1cccnc1. The van der Waals surface area contributed by atoms with E-state index in [9.17, 15) is 9.59 Å². The second kappa shape index (κ2) is 8.44. The van der Waals surface area contributed by atoms with E-state index in [0.717, 1.165) is 5.56 Å². The Balaban J connectivity index is 1.73. The number of nitrogens with zero attached hydrogens (tertiary/aromatic N) is 3. The first-order valence-corrected chi connectivity index (χ1v) is 9.25. The van der Waals surface area contributed by atoms with Crippen LogP contribution in [-0.2, 0) is 6.54 Å². The monoisotopic (exact) mass is 401 g/mol. The molecule has 2 aromatic heterocycles. The van der Waals surface area contributed by atoms with E-state index in [0.29, 0.717) is 28.2 Å². The molecule has 0 aliphatic heterocycles. The van der Waals surface area contributed by atoms with Gasteiger partial charge in [0, 0.05) is 17.8 Å². The van der Waals surface area contributed by atoms with Crippen LogP contribution in [0.2, 0.25) is 0 Å². The maximum Gasteiger partial charge on any atom is 0.350 e. The predicted octanol–water partition coefficient (Wildman–Crippen LogP) is 3.49. The first-order chi connectivity index (χ1) is 14.7. The van der Waals surface area contributed by atoms with E-state index < -0.39 is 11.7 Å². The lowest BCUT2D eigenvalue weighted by molar-refractivity contribution is 0.262. The Kier molecular flexibility index (Phi) is 5.38. The molecule has 0 aliphatic rings. The number of carbonyl (C=O) groups is 1. The van der Waals surface area contributed by atoms with Crippen molar-refractivity contribution in [3.8, 4) is 5.75 Å². The topological polar surface area (TPSA) is 98.1 Å². The lowest BCUT2D eigenvalue weighted by atomic mass is 10.2. The molecule has 0 spiro atoms. The van der Waals surface area contributed by atoms with Crippen LogP contribution in [0.25, 0.3) is 10.9 Å². The van der Waals surface area contributed by atoms with Crippen molar-refractivity contribution in [1.82, 2.24) is 14.5 Å². The second-order valence-electron chi connectivity index (χ2n) is 6.49. The van der Waals surface area contributed by atoms with E-state index in [1.165, 1.54) is 11.7 Å². The van der Waals surface area contributed by atoms with Crippen LogP contribution in [-0.4, -0.2) is 27.7 Å². The average Bonchev–Trinajstić information content (AvgIpc) is 2.77. The zero-order valence-corrected chi connectivity index (χ0v) is 16.2. The number of benzene rings is 2. The Morgan fingerprint density at radius 3 is 2.63 bits per heavy atom. The van der Waals surface area contributed by atoms with Gasteiger partial charge in [-0.15, -0.1) is 0 Å². The second-order valence-corrected chi connectivity index (χ2v) is 6.49. The summed E-state index contributed by atoms with van der Waals surface area (Å²) in [5, 5.41) is 6.22. The molecule has 0 unspecified atom stereocenters. The third-order valence-corrected chi connectivity index (χ3v) is 4.53. The van der Waals surface area contributed by atoms with Crippen molar-refractivity contribution in [3.63, 3.8) is 0 Å². The third kappa shape index (κ3) is 3.97. The van der Waals surface area contributed by atoms with Gasteiger partial charge in [0.15, 0.2) is 0 Å². The van der Waals surface area contributed by atoms with Gasteiger partial charge in [-0.2, -0.15) is 4.98 Å². The number of urea groups is 1. The molecular formula is C22H19N5O3. The molecule has 0 bridgehead atoms. The Labute approximate surface area is 172 Å². The van der Waals surface area contributed by atoms with E-state index in [4.69, 9.17) is 4.74 Å². The highest BCUT2D eigenvalue weighted by molar-refractivity contribution is 6.04. The van der Waals surface area contributed by atoms with Gasteiger partial charge in [-0.3, -0.25) is 14.9 Å². The summed E-state index contributed by atoms with van der Waals surface area (Å²) in [7, 11) is 1.53. The Bertz CT molecular complexity index is 1250. The highest BCUT2D eigenvalue weighted by Gasteiger charge is 2.15. The van der Waals surface area contributed by atoms with Crippen molar-refractivity contribution in [2.45, 2.75) is 6.54 Å².